The normalized spacial score (nSPS) is 10.5. The van der Waals surface area contributed by atoms with Crippen molar-refractivity contribution < 1.29 is 13.2 Å². The van der Waals surface area contributed by atoms with Gasteiger partial charge in [-0.1, -0.05) is 0 Å². The molecule has 1 aromatic rings. The molecule has 78 valence electrons. The summed E-state index contributed by atoms with van der Waals surface area (Å²) in [6.07, 6.45) is 0. The van der Waals surface area contributed by atoms with Gasteiger partial charge < -0.3 is 11.5 Å². The third-order valence-corrected chi connectivity index (χ3v) is 2.11. The summed E-state index contributed by atoms with van der Waals surface area (Å²) in [4.78, 5) is 0. The predicted molar refractivity (Wildman–Crippen MR) is 49.7 cm³/mol. The van der Waals surface area contributed by atoms with Gasteiger partial charge >= 0.3 is 0 Å². The quantitative estimate of drug-likeness (QED) is 0.742. The number of alkyl halides is 3. The van der Waals surface area contributed by atoms with Crippen LogP contribution in [0.5, 0.6) is 0 Å². The second kappa shape index (κ2) is 4.21. The highest BCUT2D eigenvalue weighted by atomic mass is 19.1. The molecule has 0 atom stereocenters. The Morgan fingerprint density at radius 3 is 1.57 bits per heavy atom. The Bertz CT molecular complexity index is 311. The fourth-order valence-electron chi connectivity index (χ4n) is 1.26. The van der Waals surface area contributed by atoms with Crippen molar-refractivity contribution in [1.82, 2.24) is 0 Å². The lowest BCUT2D eigenvalue weighted by Gasteiger charge is -2.12. The molecule has 14 heavy (non-hydrogen) atoms. The topological polar surface area (TPSA) is 52.0 Å². The molecule has 0 bridgehead atoms. The molecular weight excluding hydrogens is 193 g/mol. The molecule has 0 aliphatic rings. The molecule has 0 amide bonds. The van der Waals surface area contributed by atoms with Gasteiger partial charge in [-0.25, -0.2) is 13.2 Å². The Morgan fingerprint density at radius 2 is 1.29 bits per heavy atom. The van der Waals surface area contributed by atoms with E-state index in [1.165, 1.54) is 6.07 Å². The number of hydrogen-bond acceptors (Lipinski definition) is 2. The van der Waals surface area contributed by atoms with Crippen LogP contribution in [0.3, 0.4) is 0 Å². The predicted octanol–water partition coefficient (Wildman–Crippen LogP) is 2.26. The Kier molecular flexibility index (Phi) is 3.22. The summed E-state index contributed by atoms with van der Waals surface area (Å²) in [5, 5.41) is 0. The van der Waals surface area contributed by atoms with E-state index >= 15 is 0 Å². The largest absolute Gasteiger partial charge is 0.398 e. The minimum Gasteiger partial charge on any atom is -0.398 e. The first-order chi connectivity index (χ1) is 6.65. The van der Waals surface area contributed by atoms with Gasteiger partial charge in [-0.15, -0.1) is 0 Å². The standard InChI is InChI=1S/C9H11F3N2/c10-2-5-1-6(3-11)9(14)7(4-12)8(5)13/h1H,2-4,13-14H2. The minimum absolute atomic E-state index is 0.0206. The van der Waals surface area contributed by atoms with Crippen molar-refractivity contribution in [3.63, 3.8) is 0 Å². The van der Waals surface area contributed by atoms with E-state index in [0.717, 1.165) is 0 Å². The van der Waals surface area contributed by atoms with Crippen LogP contribution in [0.25, 0.3) is 0 Å². The molecule has 2 nitrogen and oxygen atoms in total. The van der Waals surface area contributed by atoms with E-state index in [1.807, 2.05) is 0 Å². The van der Waals surface area contributed by atoms with Crippen LogP contribution >= 0.6 is 0 Å². The zero-order valence-corrected chi connectivity index (χ0v) is 7.49. The van der Waals surface area contributed by atoms with Gasteiger partial charge in [-0.05, 0) is 6.07 Å². The van der Waals surface area contributed by atoms with Crippen LogP contribution in [0.15, 0.2) is 6.07 Å². The highest BCUT2D eigenvalue weighted by Crippen LogP contribution is 2.29. The molecule has 0 heterocycles. The summed E-state index contributed by atoms with van der Waals surface area (Å²) < 4.78 is 37.2. The summed E-state index contributed by atoms with van der Waals surface area (Å²) in [6.45, 7) is -2.63. The molecule has 0 aliphatic heterocycles. The zero-order chi connectivity index (χ0) is 10.7. The van der Waals surface area contributed by atoms with E-state index in [-0.39, 0.29) is 28.1 Å². The monoisotopic (exact) mass is 204 g/mol. The molecule has 0 saturated carbocycles. The van der Waals surface area contributed by atoms with E-state index < -0.39 is 20.0 Å². The molecule has 4 N–H and O–H groups in total. The summed E-state index contributed by atoms with van der Waals surface area (Å²) in [6, 6.07) is 1.23. The summed E-state index contributed by atoms with van der Waals surface area (Å²) >= 11 is 0. The van der Waals surface area contributed by atoms with Gasteiger partial charge in [-0.2, -0.15) is 0 Å². The minimum atomic E-state index is -0.918. The Balaban J connectivity index is 3.39. The summed E-state index contributed by atoms with van der Waals surface area (Å²) in [5.74, 6) is 0. The number of benzene rings is 1. The fourth-order valence-corrected chi connectivity index (χ4v) is 1.26. The van der Waals surface area contributed by atoms with Crippen molar-refractivity contribution in [3.8, 4) is 0 Å². The molecule has 0 radical (unpaired) electrons. The highest BCUT2D eigenvalue weighted by Gasteiger charge is 2.13. The van der Waals surface area contributed by atoms with Crippen molar-refractivity contribution in [3.05, 3.63) is 22.8 Å². The molecule has 0 unspecified atom stereocenters. The van der Waals surface area contributed by atoms with Crippen molar-refractivity contribution in [2.45, 2.75) is 20.0 Å². The molecule has 1 rings (SSSR count). The number of halogens is 3. The molecule has 0 fully saturated rings. The van der Waals surface area contributed by atoms with Crippen molar-refractivity contribution in [2.24, 2.45) is 0 Å². The van der Waals surface area contributed by atoms with E-state index in [1.54, 1.807) is 0 Å². The van der Waals surface area contributed by atoms with Gasteiger partial charge in [0.05, 0.1) is 0 Å². The van der Waals surface area contributed by atoms with Crippen molar-refractivity contribution in [2.75, 3.05) is 11.5 Å². The van der Waals surface area contributed by atoms with Gasteiger partial charge in [-0.3, -0.25) is 0 Å². The smallest absolute Gasteiger partial charge is 0.119 e. The first-order valence-corrected chi connectivity index (χ1v) is 4.02. The van der Waals surface area contributed by atoms with Gasteiger partial charge in [0.25, 0.3) is 0 Å². The Morgan fingerprint density at radius 1 is 0.857 bits per heavy atom. The molecular formula is C9H11F3N2. The second-order valence-corrected chi connectivity index (χ2v) is 2.90. The molecule has 0 aliphatic carbocycles. The van der Waals surface area contributed by atoms with Crippen LogP contribution in [0, 0.1) is 0 Å². The summed E-state index contributed by atoms with van der Waals surface area (Å²) in [5.41, 5.74) is 11.0. The molecule has 0 saturated heterocycles. The van der Waals surface area contributed by atoms with Crippen LogP contribution in [-0.4, -0.2) is 0 Å². The maximum atomic E-state index is 12.5. The van der Waals surface area contributed by atoms with Crippen LogP contribution < -0.4 is 11.5 Å². The fraction of sp³-hybridized carbons (Fsp3) is 0.333. The lowest BCUT2D eigenvalue weighted by Crippen LogP contribution is -2.05. The van der Waals surface area contributed by atoms with Crippen LogP contribution in [-0.2, 0) is 20.0 Å². The number of anilines is 2. The SMILES string of the molecule is Nc1c(CF)cc(CF)c(N)c1CF. The first-order valence-electron chi connectivity index (χ1n) is 4.02. The van der Waals surface area contributed by atoms with Crippen LogP contribution in [0.2, 0.25) is 0 Å². The highest BCUT2D eigenvalue weighted by molar-refractivity contribution is 5.68. The van der Waals surface area contributed by atoms with E-state index in [9.17, 15) is 13.2 Å². The van der Waals surface area contributed by atoms with Crippen molar-refractivity contribution in [1.29, 1.82) is 0 Å². The number of hydrogen-bond donors (Lipinski definition) is 2. The summed E-state index contributed by atoms with van der Waals surface area (Å²) in [7, 11) is 0. The average Bonchev–Trinajstić information content (AvgIpc) is 2.19. The van der Waals surface area contributed by atoms with Gasteiger partial charge in [0, 0.05) is 28.1 Å². The maximum Gasteiger partial charge on any atom is 0.119 e. The van der Waals surface area contributed by atoms with Crippen LogP contribution in [0.4, 0.5) is 24.5 Å². The average molecular weight is 204 g/mol. The number of nitrogen functional groups attached to an aromatic ring is 2. The van der Waals surface area contributed by atoms with E-state index in [4.69, 9.17) is 11.5 Å². The first kappa shape index (κ1) is 10.7. The molecule has 5 heteroatoms. The van der Waals surface area contributed by atoms with Gasteiger partial charge in [0.1, 0.15) is 20.0 Å². The molecule has 1 aromatic carbocycles. The van der Waals surface area contributed by atoms with Gasteiger partial charge in [0.15, 0.2) is 0 Å². The zero-order valence-electron chi connectivity index (χ0n) is 7.49. The third kappa shape index (κ3) is 1.62. The lowest BCUT2D eigenvalue weighted by molar-refractivity contribution is 0.468. The Labute approximate surface area is 79.7 Å². The Hall–Kier alpha value is -1.39. The number of rotatable bonds is 3. The maximum absolute atomic E-state index is 12.5. The number of nitrogens with two attached hydrogens (primary N) is 2. The van der Waals surface area contributed by atoms with Crippen molar-refractivity contribution >= 4 is 11.4 Å². The van der Waals surface area contributed by atoms with E-state index in [2.05, 4.69) is 0 Å². The van der Waals surface area contributed by atoms with Gasteiger partial charge in [0.2, 0.25) is 0 Å². The molecule has 0 spiro atoms. The van der Waals surface area contributed by atoms with E-state index in [0.29, 0.717) is 0 Å². The third-order valence-electron chi connectivity index (χ3n) is 2.11. The lowest BCUT2D eigenvalue weighted by atomic mass is 10.0. The van der Waals surface area contributed by atoms with Crippen LogP contribution in [0.1, 0.15) is 16.7 Å². The second-order valence-electron chi connectivity index (χ2n) is 2.90. The molecule has 0 aromatic heterocycles.